The smallest absolute Gasteiger partial charge is 0.270 e. The maximum Gasteiger partial charge on any atom is 0.270 e. The number of carbonyl (C=O) groups is 2. The lowest BCUT2D eigenvalue weighted by atomic mass is 10.0. The summed E-state index contributed by atoms with van der Waals surface area (Å²) >= 11 is 0. The second-order valence-electron chi connectivity index (χ2n) is 9.58. The zero-order chi connectivity index (χ0) is 26.0. The standard InChI is InChI=1S/C29H28N4O4/c1-19-4-3-5-23(31-19)14-21-11-13-30-25(15-21)27(34)32-24-9-8-22-7-6-20(10-12-29(36)17-37-18-29)16-26(22)33(2)28(24)35/h3-7,11,13,15-16,24,36H,8-9,14,17-18H2,1-2H3,(H,32,34)/t24-/m1/s1. The van der Waals surface area contributed by atoms with E-state index in [0.717, 1.165) is 28.2 Å². The van der Waals surface area contributed by atoms with E-state index in [2.05, 4.69) is 27.1 Å². The van der Waals surface area contributed by atoms with Crippen molar-refractivity contribution in [2.45, 2.75) is 37.8 Å². The molecule has 2 aromatic heterocycles. The minimum absolute atomic E-state index is 0.200. The Morgan fingerprint density at radius 2 is 2.08 bits per heavy atom. The number of ether oxygens (including phenoxy) is 1. The number of likely N-dealkylation sites (N-methyl/N-ethyl adjacent to an activating group) is 1. The Morgan fingerprint density at radius 3 is 2.84 bits per heavy atom. The number of hydrogen-bond donors (Lipinski definition) is 2. The maximum absolute atomic E-state index is 13.3. The minimum atomic E-state index is -1.11. The average Bonchev–Trinajstić information content (AvgIpc) is 2.98. The first-order valence-corrected chi connectivity index (χ1v) is 12.2. The predicted octanol–water partition coefficient (Wildman–Crippen LogP) is 2.20. The lowest BCUT2D eigenvalue weighted by Crippen LogP contribution is -2.48. The van der Waals surface area contributed by atoms with Gasteiger partial charge in [-0.2, -0.15) is 0 Å². The monoisotopic (exact) mass is 496 g/mol. The molecule has 188 valence electrons. The van der Waals surface area contributed by atoms with Crippen molar-refractivity contribution >= 4 is 17.5 Å². The van der Waals surface area contributed by atoms with Gasteiger partial charge in [-0.05, 0) is 67.3 Å². The molecule has 1 fully saturated rings. The third-order valence-corrected chi connectivity index (χ3v) is 6.59. The molecule has 2 N–H and O–H groups in total. The molecule has 8 nitrogen and oxygen atoms in total. The van der Waals surface area contributed by atoms with Gasteiger partial charge in [0.15, 0.2) is 5.60 Å². The highest BCUT2D eigenvalue weighted by Gasteiger charge is 2.34. The summed E-state index contributed by atoms with van der Waals surface area (Å²) in [6, 6.07) is 14.4. The molecule has 2 aliphatic rings. The molecule has 2 aliphatic heterocycles. The van der Waals surface area contributed by atoms with Crippen LogP contribution >= 0.6 is 0 Å². The number of aryl methyl sites for hydroxylation is 2. The molecule has 1 aromatic carbocycles. The van der Waals surface area contributed by atoms with E-state index in [1.54, 1.807) is 24.2 Å². The number of hydrogen-bond acceptors (Lipinski definition) is 6. The topological polar surface area (TPSA) is 105 Å². The van der Waals surface area contributed by atoms with Crippen molar-refractivity contribution in [3.8, 4) is 11.8 Å². The van der Waals surface area contributed by atoms with Crippen LogP contribution in [0, 0.1) is 18.8 Å². The molecule has 0 spiro atoms. The molecule has 0 aliphatic carbocycles. The van der Waals surface area contributed by atoms with E-state index in [1.165, 1.54) is 0 Å². The number of pyridine rings is 2. The Labute approximate surface area is 215 Å². The van der Waals surface area contributed by atoms with Gasteiger partial charge in [-0.25, -0.2) is 0 Å². The van der Waals surface area contributed by atoms with Gasteiger partial charge < -0.3 is 20.1 Å². The first-order valence-electron chi connectivity index (χ1n) is 12.2. The molecule has 0 radical (unpaired) electrons. The second-order valence-corrected chi connectivity index (χ2v) is 9.58. The molecule has 8 heteroatoms. The summed E-state index contributed by atoms with van der Waals surface area (Å²) in [5.74, 6) is 5.23. The normalized spacial score (nSPS) is 18.1. The third kappa shape index (κ3) is 5.53. The van der Waals surface area contributed by atoms with E-state index < -0.39 is 11.6 Å². The number of anilines is 1. The summed E-state index contributed by atoms with van der Waals surface area (Å²) in [6.45, 7) is 2.34. The van der Waals surface area contributed by atoms with Crippen molar-refractivity contribution in [1.29, 1.82) is 0 Å². The highest BCUT2D eigenvalue weighted by molar-refractivity contribution is 6.02. The molecule has 37 heavy (non-hydrogen) atoms. The number of benzene rings is 1. The largest absolute Gasteiger partial charge is 0.373 e. The molecule has 0 unspecified atom stereocenters. The number of nitrogens with one attached hydrogen (secondary N) is 1. The molecule has 3 aromatic rings. The van der Waals surface area contributed by atoms with Gasteiger partial charge in [0.2, 0.25) is 5.91 Å². The Hall–Kier alpha value is -4.06. The predicted molar refractivity (Wildman–Crippen MR) is 138 cm³/mol. The lowest BCUT2D eigenvalue weighted by Gasteiger charge is -2.30. The number of aromatic nitrogens is 2. The Kier molecular flexibility index (Phi) is 6.74. The van der Waals surface area contributed by atoms with Gasteiger partial charge in [0.25, 0.3) is 5.91 Å². The first kappa shape index (κ1) is 24.6. The zero-order valence-electron chi connectivity index (χ0n) is 20.8. The fourth-order valence-electron chi connectivity index (χ4n) is 4.48. The number of fused-ring (bicyclic) bond motifs is 1. The third-order valence-electron chi connectivity index (χ3n) is 6.59. The molecular formula is C29H28N4O4. The van der Waals surface area contributed by atoms with E-state index in [9.17, 15) is 14.7 Å². The van der Waals surface area contributed by atoms with Crippen LogP contribution in [0.25, 0.3) is 0 Å². The van der Waals surface area contributed by atoms with Crippen LogP contribution in [0.2, 0.25) is 0 Å². The van der Waals surface area contributed by atoms with Crippen molar-refractivity contribution < 1.29 is 19.4 Å². The van der Waals surface area contributed by atoms with Crippen LogP contribution in [-0.2, 0) is 22.4 Å². The van der Waals surface area contributed by atoms with Gasteiger partial charge in [0, 0.05) is 42.3 Å². The number of rotatable bonds is 4. The fraction of sp³-hybridized carbons (Fsp3) is 0.310. The van der Waals surface area contributed by atoms with Crippen molar-refractivity contribution in [1.82, 2.24) is 15.3 Å². The Bertz CT molecular complexity index is 1420. The summed E-state index contributed by atoms with van der Waals surface area (Å²) in [6.07, 6.45) is 3.28. The van der Waals surface area contributed by atoms with Crippen molar-refractivity contribution in [2.75, 3.05) is 25.2 Å². The zero-order valence-corrected chi connectivity index (χ0v) is 20.8. The van der Waals surface area contributed by atoms with E-state index in [-0.39, 0.29) is 30.7 Å². The summed E-state index contributed by atoms with van der Waals surface area (Å²) in [7, 11) is 1.70. The number of nitrogens with zero attached hydrogens (tertiary/aromatic N) is 3. The van der Waals surface area contributed by atoms with Gasteiger partial charge >= 0.3 is 0 Å². The van der Waals surface area contributed by atoms with Crippen LogP contribution in [0.15, 0.2) is 54.7 Å². The number of aliphatic hydroxyl groups is 1. The van der Waals surface area contributed by atoms with Crippen molar-refractivity contribution in [3.05, 3.63) is 88.5 Å². The summed E-state index contributed by atoms with van der Waals surface area (Å²) < 4.78 is 5.03. The highest BCUT2D eigenvalue weighted by Crippen LogP contribution is 2.27. The second kappa shape index (κ2) is 10.1. The van der Waals surface area contributed by atoms with Crippen molar-refractivity contribution in [2.24, 2.45) is 0 Å². The quantitative estimate of drug-likeness (QED) is 0.537. The van der Waals surface area contributed by atoms with Gasteiger partial charge in [0.1, 0.15) is 11.7 Å². The summed E-state index contributed by atoms with van der Waals surface area (Å²) in [5, 5.41) is 13.0. The van der Waals surface area contributed by atoms with E-state index in [0.29, 0.717) is 24.8 Å². The maximum atomic E-state index is 13.3. The summed E-state index contributed by atoms with van der Waals surface area (Å²) in [5.41, 5.74) is 4.36. The fourth-order valence-corrected chi connectivity index (χ4v) is 4.48. The number of amides is 2. The van der Waals surface area contributed by atoms with Crippen LogP contribution in [0.3, 0.4) is 0 Å². The van der Waals surface area contributed by atoms with Gasteiger partial charge in [-0.3, -0.25) is 19.6 Å². The van der Waals surface area contributed by atoms with E-state index in [4.69, 9.17) is 4.74 Å². The summed E-state index contributed by atoms with van der Waals surface area (Å²) in [4.78, 5) is 36.7. The molecule has 4 heterocycles. The van der Waals surface area contributed by atoms with Gasteiger partial charge in [-0.15, -0.1) is 0 Å². The van der Waals surface area contributed by atoms with Gasteiger partial charge in [-0.1, -0.05) is 24.0 Å². The molecule has 1 saturated heterocycles. The van der Waals surface area contributed by atoms with Crippen LogP contribution in [0.1, 0.15) is 45.0 Å². The van der Waals surface area contributed by atoms with Crippen LogP contribution in [-0.4, -0.2) is 58.8 Å². The van der Waals surface area contributed by atoms with Crippen LogP contribution < -0.4 is 10.2 Å². The SMILES string of the molecule is Cc1cccc(Cc2ccnc(C(=O)N[C@@H]3CCc4ccc(C#CC5(O)COC5)cc4N(C)C3=O)c2)n1. The molecule has 5 rings (SSSR count). The lowest BCUT2D eigenvalue weighted by molar-refractivity contribution is -0.140. The molecule has 0 saturated carbocycles. The minimum Gasteiger partial charge on any atom is -0.373 e. The van der Waals surface area contributed by atoms with Crippen molar-refractivity contribution in [3.63, 3.8) is 0 Å². The van der Waals surface area contributed by atoms with E-state index >= 15 is 0 Å². The van der Waals surface area contributed by atoms with Crippen LogP contribution in [0.5, 0.6) is 0 Å². The molecule has 0 bridgehead atoms. The number of carbonyl (C=O) groups excluding carboxylic acids is 2. The molecule has 2 amide bonds. The Morgan fingerprint density at radius 1 is 1.24 bits per heavy atom. The van der Waals surface area contributed by atoms with E-state index in [1.807, 2.05) is 49.4 Å². The first-order chi connectivity index (χ1) is 17.8. The van der Waals surface area contributed by atoms with Gasteiger partial charge in [0.05, 0.1) is 13.2 Å². The molecular weight excluding hydrogens is 468 g/mol. The Balaban J connectivity index is 1.29. The van der Waals surface area contributed by atoms with Crippen LogP contribution in [0.4, 0.5) is 5.69 Å². The molecule has 1 atom stereocenters. The highest BCUT2D eigenvalue weighted by atomic mass is 16.5. The average molecular weight is 497 g/mol.